The van der Waals surface area contributed by atoms with Crippen LogP contribution in [-0.2, 0) is 0 Å². The summed E-state index contributed by atoms with van der Waals surface area (Å²) in [7, 11) is 0. The second kappa shape index (κ2) is 5.26. The highest BCUT2D eigenvalue weighted by Crippen LogP contribution is 2.29. The first kappa shape index (κ1) is 13.1. The van der Waals surface area contributed by atoms with Gasteiger partial charge in [0.1, 0.15) is 12.1 Å². The lowest BCUT2D eigenvalue weighted by molar-refractivity contribution is 1.22. The number of nitrogens with one attached hydrogen (secondary N) is 1. The minimum atomic E-state index is 0.637. The summed E-state index contributed by atoms with van der Waals surface area (Å²) in [6.07, 6.45) is 1.50. The molecule has 0 bridgehead atoms. The van der Waals surface area contributed by atoms with Gasteiger partial charge < -0.3 is 11.1 Å². The van der Waals surface area contributed by atoms with Crippen molar-refractivity contribution in [3.05, 3.63) is 52.2 Å². The summed E-state index contributed by atoms with van der Waals surface area (Å²) in [5.74, 6) is 0.716. The number of hydrogen-bond acceptors (Lipinski definition) is 4. The monoisotopic (exact) mass is 348 g/mol. The van der Waals surface area contributed by atoms with Gasteiger partial charge in [0.2, 0.25) is 0 Å². The van der Waals surface area contributed by atoms with Crippen LogP contribution in [0.3, 0.4) is 0 Å². The van der Waals surface area contributed by atoms with Crippen molar-refractivity contribution in [1.82, 2.24) is 9.97 Å². The molecule has 0 amide bonds. The zero-order valence-electron chi connectivity index (χ0n) is 10.3. The zero-order chi connectivity index (χ0) is 14.1. The lowest BCUT2D eigenvalue weighted by Crippen LogP contribution is -1.96. The van der Waals surface area contributed by atoms with Gasteiger partial charge in [-0.15, -0.1) is 0 Å². The largest absolute Gasteiger partial charge is 0.399 e. The highest BCUT2D eigenvalue weighted by atomic mass is 79.9. The Labute approximate surface area is 129 Å². The summed E-state index contributed by atoms with van der Waals surface area (Å²) in [6.45, 7) is 0. The van der Waals surface area contributed by atoms with E-state index in [1.54, 1.807) is 0 Å². The summed E-state index contributed by atoms with van der Waals surface area (Å²) in [4.78, 5) is 8.48. The van der Waals surface area contributed by atoms with Crippen molar-refractivity contribution >= 4 is 55.6 Å². The van der Waals surface area contributed by atoms with Gasteiger partial charge in [-0.1, -0.05) is 11.6 Å². The first-order valence-corrected chi connectivity index (χ1v) is 7.03. The van der Waals surface area contributed by atoms with Crippen molar-refractivity contribution < 1.29 is 0 Å². The molecule has 1 aromatic heterocycles. The molecule has 0 aliphatic carbocycles. The highest BCUT2D eigenvalue weighted by molar-refractivity contribution is 9.10. The molecule has 20 heavy (non-hydrogen) atoms. The molecule has 0 saturated heterocycles. The molecular weight excluding hydrogens is 340 g/mol. The maximum Gasteiger partial charge on any atom is 0.141 e. The number of nitrogens with zero attached hydrogens (tertiary/aromatic N) is 2. The van der Waals surface area contributed by atoms with Gasteiger partial charge in [0, 0.05) is 21.2 Å². The van der Waals surface area contributed by atoms with Crippen molar-refractivity contribution in [3.8, 4) is 0 Å². The molecule has 3 aromatic rings. The Kier molecular flexibility index (Phi) is 3.46. The molecule has 3 rings (SSSR count). The van der Waals surface area contributed by atoms with E-state index in [1.165, 1.54) is 6.33 Å². The van der Waals surface area contributed by atoms with Crippen LogP contribution in [0, 0.1) is 0 Å². The number of halogens is 2. The van der Waals surface area contributed by atoms with E-state index in [4.69, 9.17) is 17.3 Å². The van der Waals surface area contributed by atoms with Gasteiger partial charge in [-0.2, -0.15) is 0 Å². The smallest absolute Gasteiger partial charge is 0.141 e. The van der Waals surface area contributed by atoms with E-state index in [2.05, 4.69) is 31.2 Å². The van der Waals surface area contributed by atoms with E-state index >= 15 is 0 Å². The van der Waals surface area contributed by atoms with Crippen molar-refractivity contribution in [2.75, 3.05) is 11.1 Å². The Hall–Kier alpha value is -1.85. The minimum Gasteiger partial charge on any atom is -0.399 e. The molecule has 6 heteroatoms. The molecule has 0 spiro atoms. The first-order valence-electron chi connectivity index (χ1n) is 5.86. The standard InChI is InChI=1S/C14H10BrClN4/c15-11-4-2-9(6-12(11)16)20-14-10-3-1-8(17)5-13(10)18-7-19-14/h1-7H,17H2,(H,18,19,20). The van der Waals surface area contributed by atoms with Crippen molar-refractivity contribution in [3.63, 3.8) is 0 Å². The predicted molar refractivity (Wildman–Crippen MR) is 86.4 cm³/mol. The molecule has 2 aromatic carbocycles. The molecule has 100 valence electrons. The van der Waals surface area contributed by atoms with Gasteiger partial charge in [0.15, 0.2) is 0 Å². The summed E-state index contributed by atoms with van der Waals surface area (Å²) in [6, 6.07) is 11.2. The molecule has 0 atom stereocenters. The van der Waals surface area contributed by atoms with Gasteiger partial charge >= 0.3 is 0 Å². The second-order valence-electron chi connectivity index (χ2n) is 4.25. The van der Waals surface area contributed by atoms with Crippen molar-refractivity contribution in [1.29, 1.82) is 0 Å². The van der Waals surface area contributed by atoms with Crippen LogP contribution in [0.1, 0.15) is 0 Å². The van der Waals surface area contributed by atoms with E-state index in [1.807, 2.05) is 36.4 Å². The number of fused-ring (bicyclic) bond motifs is 1. The van der Waals surface area contributed by atoms with Crippen LogP contribution >= 0.6 is 27.5 Å². The fourth-order valence-corrected chi connectivity index (χ4v) is 2.31. The van der Waals surface area contributed by atoms with Crippen LogP contribution in [0.25, 0.3) is 10.9 Å². The third-order valence-corrected chi connectivity index (χ3v) is 4.08. The van der Waals surface area contributed by atoms with Crippen LogP contribution in [0.5, 0.6) is 0 Å². The van der Waals surface area contributed by atoms with E-state index in [-0.39, 0.29) is 0 Å². The van der Waals surface area contributed by atoms with E-state index in [9.17, 15) is 0 Å². The maximum atomic E-state index is 6.08. The van der Waals surface area contributed by atoms with Crippen molar-refractivity contribution in [2.24, 2.45) is 0 Å². The van der Waals surface area contributed by atoms with Gasteiger partial charge in [-0.3, -0.25) is 0 Å². The molecular formula is C14H10BrClN4. The number of benzene rings is 2. The highest BCUT2D eigenvalue weighted by Gasteiger charge is 2.05. The SMILES string of the molecule is Nc1ccc2c(Nc3ccc(Br)c(Cl)c3)ncnc2c1. The van der Waals surface area contributed by atoms with E-state index < -0.39 is 0 Å². The number of hydrogen-bond donors (Lipinski definition) is 2. The van der Waals surface area contributed by atoms with Crippen LogP contribution in [0.15, 0.2) is 47.2 Å². The van der Waals surface area contributed by atoms with Gasteiger partial charge in [0.05, 0.1) is 10.5 Å². The average Bonchev–Trinajstić information content (AvgIpc) is 2.43. The molecule has 3 N–H and O–H groups in total. The van der Waals surface area contributed by atoms with Gasteiger partial charge in [0.25, 0.3) is 0 Å². The quantitative estimate of drug-likeness (QED) is 0.674. The fourth-order valence-electron chi connectivity index (χ4n) is 1.88. The molecule has 0 aliphatic heterocycles. The third-order valence-electron chi connectivity index (χ3n) is 2.84. The lowest BCUT2D eigenvalue weighted by Gasteiger charge is -2.09. The van der Waals surface area contributed by atoms with E-state index in [0.717, 1.165) is 21.1 Å². The molecule has 0 fully saturated rings. The van der Waals surface area contributed by atoms with Gasteiger partial charge in [-0.25, -0.2) is 9.97 Å². The number of aromatic nitrogens is 2. The van der Waals surface area contributed by atoms with Crippen LogP contribution in [-0.4, -0.2) is 9.97 Å². The van der Waals surface area contributed by atoms with Crippen LogP contribution < -0.4 is 11.1 Å². The van der Waals surface area contributed by atoms with Crippen LogP contribution in [0.2, 0.25) is 5.02 Å². The molecule has 0 unspecified atom stereocenters. The molecule has 0 saturated carbocycles. The molecule has 0 radical (unpaired) electrons. The molecule has 4 nitrogen and oxygen atoms in total. The Bertz CT molecular complexity index is 791. The summed E-state index contributed by atoms with van der Waals surface area (Å²) in [5, 5.41) is 4.78. The summed E-state index contributed by atoms with van der Waals surface area (Å²) < 4.78 is 0.852. The molecule has 0 aliphatic rings. The molecule has 1 heterocycles. The van der Waals surface area contributed by atoms with Crippen molar-refractivity contribution in [2.45, 2.75) is 0 Å². The fraction of sp³-hybridized carbons (Fsp3) is 0. The number of nitrogens with two attached hydrogens (primary N) is 1. The Morgan fingerprint density at radius 1 is 1.10 bits per heavy atom. The Balaban J connectivity index is 2.04. The average molecular weight is 350 g/mol. The normalized spacial score (nSPS) is 10.7. The summed E-state index contributed by atoms with van der Waals surface area (Å²) >= 11 is 9.45. The zero-order valence-corrected chi connectivity index (χ0v) is 12.6. The number of nitrogen functional groups attached to an aromatic ring is 1. The van der Waals surface area contributed by atoms with E-state index in [0.29, 0.717) is 16.5 Å². The third kappa shape index (κ3) is 2.55. The topological polar surface area (TPSA) is 63.8 Å². The number of rotatable bonds is 2. The Morgan fingerprint density at radius 3 is 2.75 bits per heavy atom. The maximum absolute atomic E-state index is 6.08. The minimum absolute atomic E-state index is 0.637. The lowest BCUT2D eigenvalue weighted by atomic mass is 10.2. The second-order valence-corrected chi connectivity index (χ2v) is 5.51. The first-order chi connectivity index (χ1) is 9.63. The summed E-state index contributed by atoms with van der Waals surface area (Å²) in [5.41, 5.74) is 8.09. The number of anilines is 3. The Morgan fingerprint density at radius 2 is 1.95 bits per heavy atom. The van der Waals surface area contributed by atoms with Gasteiger partial charge in [-0.05, 0) is 52.3 Å². The predicted octanol–water partition coefficient (Wildman–Crippen LogP) is 4.37. The van der Waals surface area contributed by atoms with Crippen LogP contribution in [0.4, 0.5) is 17.2 Å².